The van der Waals surface area contributed by atoms with Gasteiger partial charge in [0.05, 0.1) is 18.2 Å². The summed E-state index contributed by atoms with van der Waals surface area (Å²) < 4.78 is 10.3. The number of carbonyl (C=O) groups is 2. The molecule has 0 radical (unpaired) electrons. The van der Waals surface area contributed by atoms with E-state index in [0.29, 0.717) is 6.54 Å². The maximum Gasteiger partial charge on any atom is 0.410 e. The third kappa shape index (κ3) is 6.25. The van der Waals surface area contributed by atoms with Gasteiger partial charge >= 0.3 is 12.1 Å². The molecule has 1 aliphatic rings. The third-order valence-corrected chi connectivity index (χ3v) is 2.56. The highest BCUT2D eigenvalue weighted by atomic mass is 35.5. The van der Waals surface area contributed by atoms with Gasteiger partial charge in [-0.05, 0) is 34.6 Å². The number of nitrogens with zero attached hydrogens (tertiary/aromatic N) is 1. The SMILES string of the molecule is CC(C)OC(=O)C1=C(O)CN(C(=O)OC(C)(C)C)CC1.Cl. The van der Waals surface area contributed by atoms with E-state index >= 15 is 0 Å². The maximum absolute atomic E-state index is 11.9. The molecule has 1 heterocycles. The summed E-state index contributed by atoms with van der Waals surface area (Å²) in [6.07, 6.45) is -0.483. The largest absolute Gasteiger partial charge is 0.510 e. The van der Waals surface area contributed by atoms with Gasteiger partial charge in [0.25, 0.3) is 0 Å². The first kappa shape index (κ1) is 19.6. The molecular formula is C14H24ClNO5. The highest BCUT2D eigenvalue weighted by Crippen LogP contribution is 2.20. The van der Waals surface area contributed by atoms with E-state index in [4.69, 9.17) is 9.47 Å². The number of esters is 1. The number of carbonyl (C=O) groups excluding carboxylic acids is 2. The van der Waals surface area contributed by atoms with Crippen LogP contribution in [-0.4, -0.2) is 46.9 Å². The topological polar surface area (TPSA) is 76.1 Å². The minimum Gasteiger partial charge on any atom is -0.510 e. The zero-order valence-electron chi connectivity index (χ0n) is 13.1. The summed E-state index contributed by atoms with van der Waals surface area (Å²) in [6.45, 7) is 9.09. The first-order valence-corrected chi connectivity index (χ1v) is 6.70. The van der Waals surface area contributed by atoms with Gasteiger partial charge in [0.2, 0.25) is 0 Å². The Morgan fingerprint density at radius 1 is 1.29 bits per heavy atom. The number of halogens is 1. The Balaban J connectivity index is 0.00000400. The summed E-state index contributed by atoms with van der Waals surface area (Å²) in [5.41, 5.74) is -0.355. The molecule has 6 nitrogen and oxygen atoms in total. The Morgan fingerprint density at radius 2 is 1.86 bits per heavy atom. The maximum atomic E-state index is 11.9. The first-order valence-electron chi connectivity index (χ1n) is 6.70. The number of amides is 1. The molecule has 1 N–H and O–H groups in total. The highest BCUT2D eigenvalue weighted by Gasteiger charge is 2.30. The van der Waals surface area contributed by atoms with Gasteiger partial charge in [0.15, 0.2) is 0 Å². The van der Waals surface area contributed by atoms with Gasteiger partial charge in [-0.25, -0.2) is 9.59 Å². The Hall–Kier alpha value is -1.43. The number of hydrogen-bond acceptors (Lipinski definition) is 5. The van der Waals surface area contributed by atoms with Crippen molar-refractivity contribution >= 4 is 24.5 Å². The van der Waals surface area contributed by atoms with Crippen LogP contribution in [0.25, 0.3) is 0 Å². The van der Waals surface area contributed by atoms with Crippen molar-refractivity contribution in [1.82, 2.24) is 4.90 Å². The monoisotopic (exact) mass is 321 g/mol. The van der Waals surface area contributed by atoms with E-state index in [2.05, 4.69) is 0 Å². The quantitative estimate of drug-likeness (QED) is 0.791. The van der Waals surface area contributed by atoms with Gasteiger partial charge < -0.3 is 19.5 Å². The molecular weight excluding hydrogens is 298 g/mol. The highest BCUT2D eigenvalue weighted by molar-refractivity contribution is 5.89. The summed E-state index contributed by atoms with van der Waals surface area (Å²) in [5.74, 6) is -0.658. The van der Waals surface area contributed by atoms with E-state index in [1.54, 1.807) is 34.6 Å². The van der Waals surface area contributed by atoms with Crippen LogP contribution < -0.4 is 0 Å². The minimum absolute atomic E-state index is 0. The lowest BCUT2D eigenvalue weighted by molar-refractivity contribution is -0.143. The van der Waals surface area contributed by atoms with Crippen molar-refractivity contribution in [3.63, 3.8) is 0 Å². The second-order valence-electron chi connectivity index (χ2n) is 6.03. The summed E-state index contributed by atoms with van der Waals surface area (Å²) in [4.78, 5) is 25.0. The standard InChI is InChI=1S/C14H23NO5.ClH/c1-9(2)19-12(17)10-6-7-15(8-11(10)16)13(18)20-14(3,4)5;/h9,16H,6-8H2,1-5H3;1H. The Morgan fingerprint density at radius 3 is 2.29 bits per heavy atom. The van der Waals surface area contributed by atoms with Gasteiger partial charge in [-0.2, -0.15) is 0 Å². The predicted octanol–water partition coefficient (Wildman–Crippen LogP) is 2.81. The predicted molar refractivity (Wildman–Crippen MR) is 80.6 cm³/mol. The Labute approximate surface area is 131 Å². The molecule has 0 atom stereocenters. The molecule has 0 bridgehead atoms. The molecule has 1 amide bonds. The number of rotatable bonds is 2. The molecule has 1 rings (SSSR count). The number of aliphatic hydroxyl groups excluding tert-OH is 1. The van der Waals surface area contributed by atoms with E-state index in [1.807, 2.05) is 0 Å². The van der Waals surface area contributed by atoms with Crippen LogP contribution in [-0.2, 0) is 14.3 Å². The van der Waals surface area contributed by atoms with Crippen molar-refractivity contribution in [2.24, 2.45) is 0 Å². The van der Waals surface area contributed by atoms with E-state index in [1.165, 1.54) is 4.90 Å². The molecule has 122 valence electrons. The number of aliphatic hydroxyl groups is 1. The molecule has 0 unspecified atom stereocenters. The Bertz CT molecular complexity index is 426. The van der Waals surface area contributed by atoms with Gasteiger partial charge in [-0.1, -0.05) is 0 Å². The van der Waals surface area contributed by atoms with Gasteiger partial charge in [-0.15, -0.1) is 12.4 Å². The molecule has 0 aromatic carbocycles. The molecule has 0 fully saturated rings. The summed E-state index contributed by atoms with van der Waals surface area (Å²) >= 11 is 0. The molecule has 1 aliphatic heterocycles. The molecule has 0 saturated heterocycles. The van der Waals surface area contributed by atoms with Crippen LogP contribution in [0.2, 0.25) is 0 Å². The molecule has 0 aliphatic carbocycles. The fourth-order valence-electron chi connectivity index (χ4n) is 1.73. The number of hydrogen-bond donors (Lipinski definition) is 1. The van der Waals surface area contributed by atoms with Crippen molar-refractivity contribution in [3.8, 4) is 0 Å². The van der Waals surface area contributed by atoms with Crippen LogP contribution in [0, 0.1) is 0 Å². The molecule has 21 heavy (non-hydrogen) atoms. The zero-order valence-corrected chi connectivity index (χ0v) is 14.0. The van der Waals surface area contributed by atoms with Crippen molar-refractivity contribution in [2.45, 2.75) is 52.7 Å². The van der Waals surface area contributed by atoms with Crippen molar-refractivity contribution < 1.29 is 24.2 Å². The molecule has 0 aromatic heterocycles. The van der Waals surface area contributed by atoms with Gasteiger partial charge in [0.1, 0.15) is 11.4 Å². The molecule has 0 spiro atoms. The van der Waals surface area contributed by atoms with Crippen LogP contribution in [0.15, 0.2) is 11.3 Å². The molecule has 0 aromatic rings. The fraction of sp³-hybridized carbons (Fsp3) is 0.714. The third-order valence-electron chi connectivity index (χ3n) is 2.56. The lowest BCUT2D eigenvalue weighted by Crippen LogP contribution is -2.41. The lowest BCUT2D eigenvalue weighted by Gasteiger charge is -2.30. The van der Waals surface area contributed by atoms with Crippen LogP contribution >= 0.6 is 12.4 Å². The van der Waals surface area contributed by atoms with Crippen LogP contribution in [0.3, 0.4) is 0 Å². The smallest absolute Gasteiger partial charge is 0.410 e. The fourth-order valence-corrected chi connectivity index (χ4v) is 1.73. The average Bonchev–Trinajstić information content (AvgIpc) is 2.25. The molecule has 0 saturated carbocycles. The van der Waals surface area contributed by atoms with Gasteiger partial charge in [-0.3, -0.25) is 0 Å². The summed E-state index contributed by atoms with van der Waals surface area (Å²) in [7, 11) is 0. The summed E-state index contributed by atoms with van der Waals surface area (Å²) in [5, 5.41) is 9.90. The number of ether oxygens (including phenoxy) is 2. The van der Waals surface area contributed by atoms with Crippen LogP contribution in [0.5, 0.6) is 0 Å². The van der Waals surface area contributed by atoms with Crippen molar-refractivity contribution in [3.05, 3.63) is 11.3 Å². The summed E-state index contributed by atoms with van der Waals surface area (Å²) in [6, 6.07) is 0. The minimum atomic E-state index is -0.590. The van der Waals surface area contributed by atoms with E-state index in [-0.39, 0.29) is 42.8 Å². The van der Waals surface area contributed by atoms with Gasteiger partial charge in [0, 0.05) is 13.0 Å². The zero-order chi connectivity index (χ0) is 15.5. The molecule has 7 heteroatoms. The van der Waals surface area contributed by atoms with Crippen LogP contribution in [0.4, 0.5) is 4.79 Å². The average molecular weight is 322 g/mol. The normalized spacial score (nSPS) is 15.6. The second kappa shape index (κ2) is 7.54. The Kier molecular flexibility index (Phi) is 7.03. The lowest BCUT2D eigenvalue weighted by atomic mass is 10.1. The van der Waals surface area contributed by atoms with E-state index < -0.39 is 17.7 Å². The van der Waals surface area contributed by atoms with E-state index in [9.17, 15) is 14.7 Å². The van der Waals surface area contributed by atoms with Crippen LogP contribution in [0.1, 0.15) is 41.0 Å². The van der Waals surface area contributed by atoms with Crippen molar-refractivity contribution in [1.29, 1.82) is 0 Å². The second-order valence-corrected chi connectivity index (χ2v) is 6.03. The first-order chi connectivity index (χ1) is 9.10. The van der Waals surface area contributed by atoms with Crippen molar-refractivity contribution in [2.75, 3.05) is 13.1 Å². The van der Waals surface area contributed by atoms with E-state index in [0.717, 1.165) is 0 Å².